The molecule has 0 N–H and O–H groups in total. The molecule has 2 aromatic heterocycles. The van der Waals surface area contributed by atoms with Gasteiger partial charge < -0.3 is 0 Å². The van der Waals surface area contributed by atoms with Crippen molar-refractivity contribution in [2.75, 3.05) is 0 Å². The molecule has 0 radical (unpaired) electrons. The van der Waals surface area contributed by atoms with E-state index in [-0.39, 0.29) is 0 Å². The van der Waals surface area contributed by atoms with E-state index in [0.717, 1.165) is 16.4 Å². The van der Waals surface area contributed by atoms with E-state index in [9.17, 15) is 5.26 Å². The second kappa shape index (κ2) is 3.47. The zero-order valence-electron chi connectivity index (χ0n) is 9.05. The summed E-state index contributed by atoms with van der Waals surface area (Å²) in [5.41, 5.74) is 2.88. The molecule has 0 saturated carbocycles. The number of rotatable bonds is 0. The van der Waals surface area contributed by atoms with E-state index in [4.69, 9.17) is 0 Å². The average molecular weight is 240 g/mol. The molecule has 3 rings (SSSR count). The van der Waals surface area contributed by atoms with Crippen molar-refractivity contribution < 1.29 is 0 Å². The highest BCUT2D eigenvalue weighted by Gasteiger charge is 2.14. The summed E-state index contributed by atoms with van der Waals surface area (Å²) >= 11 is 4.31. The lowest BCUT2D eigenvalue weighted by Gasteiger charge is -2.02. The van der Waals surface area contributed by atoms with Crippen molar-refractivity contribution in [3.05, 3.63) is 35.5 Å². The van der Waals surface area contributed by atoms with Crippen molar-refractivity contribution in [3.63, 3.8) is 0 Å². The predicted octanol–water partition coefficient (Wildman–Crippen LogP) is 2.35. The normalized spacial score (nSPS) is 10.9. The highest BCUT2D eigenvalue weighted by Crippen LogP contribution is 2.25. The molecule has 0 aliphatic heterocycles. The Bertz CT molecular complexity index is 782. The maximum absolute atomic E-state index is 9.21. The monoisotopic (exact) mass is 240 g/mol. The Hall–Kier alpha value is -2.06. The molecular weight excluding hydrogens is 232 g/mol. The molecular formula is C12H8N4S. The van der Waals surface area contributed by atoms with Crippen molar-refractivity contribution in [1.29, 1.82) is 5.26 Å². The Morgan fingerprint density at radius 1 is 1.35 bits per heavy atom. The highest BCUT2D eigenvalue weighted by molar-refractivity contribution is 7.80. The van der Waals surface area contributed by atoms with Crippen molar-refractivity contribution in [2.24, 2.45) is 0 Å². The summed E-state index contributed by atoms with van der Waals surface area (Å²) in [6.45, 7) is 1.81. The number of nitriles is 1. The molecule has 82 valence electrons. The molecule has 0 saturated heterocycles. The molecule has 0 bridgehead atoms. The molecule has 4 nitrogen and oxygen atoms in total. The summed E-state index contributed by atoms with van der Waals surface area (Å²) < 4.78 is 1.61. The number of nitrogens with zero attached hydrogens (tertiary/aromatic N) is 4. The SMILES string of the molecule is Cc1nn2c(S)nc3ccccc3c2c1C#N. The number of benzene rings is 1. The van der Waals surface area contributed by atoms with E-state index < -0.39 is 0 Å². The summed E-state index contributed by atoms with van der Waals surface area (Å²) in [5, 5.41) is 14.9. The van der Waals surface area contributed by atoms with Crippen LogP contribution in [0.4, 0.5) is 0 Å². The molecule has 0 fully saturated rings. The first kappa shape index (κ1) is 10.1. The van der Waals surface area contributed by atoms with Crippen molar-refractivity contribution >= 4 is 29.0 Å². The van der Waals surface area contributed by atoms with Crippen molar-refractivity contribution in [2.45, 2.75) is 12.1 Å². The topological polar surface area (TPSA) is 54.0 Å². The minimum Gasteiger partial charge on any atom is -0.223 e. The molecule has 3 aromatic rings. The maximum atomic E-state index is 9.21. The van der Waals surface area contributed by atoms with Gasteiger partial charge >= 0.3 is 0 Å². The molecule has 1 aromatic carbocycles. The fourth-order valence-corrected chi connectivity index (χ4v) is 2.23. The zero-order valence-corrected chi connectivity index (χ0v) is 9.94. The van der Waals surface area contributed by atoms with E-state index >= 15 is 0 Å². The highest BCUT2D eigenvalue weighted by atomic mass is 32.1. The van der Waals surface area contributed by atoms with Crippen molar-refractivity contribution in [3.8, 4) is 6.07 Å². The van der Waals surface area contributed by atoms with Gasteiger partial charge in [0.1, 0.15) is 11.6 Å². The van der Waals surface area contributed by atoms with Gasteiger partial charge in [-0.2, -0.15) is 10.4 Å². The molecule has 0 amide bonds. The van der Waals surface area contributed by atoms with Crippen LogP contribution in [0.5, 0.6) is 0 Å². The van der Waals surface area contributed by atoms with Gasteiger partial charge in [-0.05, 0) is 13.0 Å². The first-order valence-electron chi connectivity index (χ1n) is 5.09. The van der Waals surface area contributed by atoms with Crippen LogP contribution in [-0.2, 0) is 0 Å². The summed E-state index contributed by atoms with van der Waals surface area (Å²) in [5.74, 6) is 0. The summed E-state index contributed by atoms with van der Waals surface area (Å²) in [6.07, 6.45) is 0. The second-order valence-electron chi connectivity index (χ2n) is 3.76. The van der Waals surface area contributed by atoms with Gasteiger partial charge in [0.15, 0.2) is 5.16 Å². The Morgan fingerprint density at radius 2 is 2.12 bits per heavy atom. The molecule has 0 atom stereocenters. The molecule has 2 heterocycles. The maximum Gasteiger partial charge on any atom is 0.186 e. The van der Waals surface area contributed by atoms with E-state index in [0.29, 0.717) is 16.4 Å². The summed E-state index contributed by atoms with van der Waals surface area (Å²) in [4.78, 5) is 4.35. The third-order valence-corrected chi connectivity index (χ3v) is 3.03. The fraction of sp³-hybridized carbons (Fsp3) is 0.0833. The Balaban J connectivity index is 2.68. The minimum atomic E-state index is 0.489. The minimum absolute atomic E-state index is 0.489. The van der Waals surface area contributed by atoms with E-state index in [1.165, 1.54) is 0 Å². The van der Waals surface area contributed by atoms with Gasteiger partial charge in [0.2, 0.25) is 0 Å². The van der Waals surface area contributed by atoms with Crippen LogP contribution in [0.25, 0.3) is 16.4 Å². The number of fused-ring (bicyclic) bond motifs is 3. The van der Waals surface area contributed by atoms with Gasteiger partial charge in [0, 0.05) is 5.39 Å². The smallest absolute Gasteiger partial charge is 0.186 e. The largest absolute Gasteiger partial charge is 0.223 e. The number of aromatic nitrogens is 3. The van der Waals surface area contributed by atoms with Gasteiger partial charge in [0.05, 0.1) is 16.7 Å². The third kappa shape index (κ3) is 1.31. The van der Waals surface area contributed by atoms with Crippen LogP contribution in [0.2, 0.25) is 0 Å². The molecule has 5 heteroatoms. The first-order valence-corrected chi connectivity index (χ1v) is 5.54. The Morgan fingerprint density at radius 3 is 2.88 bits per heavy atom. The average Bonchev–Trinajstić information content (AvgIpc) is 2.67. The molecule has 0 unspecified atom stereocenters. The van der Waals surface area contributed by atoms with Crippen LogP contribution < -0.4 is 0 Å². The number of hydrogen-bond donors (Lipinski definition) is 1. The lowest BCUT2D eigenvalue weighted by molar-refractivity contribution is 0.801. The summed E-state index contributed by atoms with van der Waals surface area (Å²) in [6, 6.07) is 9.86. The number of aryl methyl sites for hydroxylation is 1. The number of thiol groups is 1. The van der Waals surface area contributed by atoms with Crippen LogP contribution in [0.3, 0.4) is 0 Å². The Labute approximate surface area is 103 Å². The van der Waals surface area contributed by atoms with Crippen LogP contribution in [0.15, 0.2) is 29.4 Å². The quantitative estimate of drug-likeness (QED) is 0.484. The lowest BCUT2D eigenvalue weighted by Crippen LogP contribution is -1.95. The second-order valence-corrected chi connectivity index (χ2v) is 4.16. The van der Waals surface area contributed by atoms with Crippen LogP contribution in [0.1, 0.15) is 11.3 Å². The first-order chi connectivity index (χ1) is 8.22. The molecule has 0 spiro atoms. The van der Waals surface area contributed by atoms with Crippen LogP contribution in [0, 0.1) is 18.3 Å². The van der Waals surface area contributed by atoms with Crippen LogP contribution in [-0.4, -0.2) is 14.6 Å². The van der Waals surface area contributed by atoms with Gasteiger partial charge in [0.25, 0.3) is 0 Å². The standard InChI is InChI=1S/C12H8N4S/c1-7-9(6-13)11-8-4-2-3-5-10(8)14-12(17)16(11)15-7/h2-5H,1H3,(H,14,17). The molecule has 0 aliphatic rings. The molecule has 17 heavy (non-hydrogen) atoms. The lowest BCUT2D eigenvalue weighted by atomic mass is 10.1. The predicted molar refractivity (Wildman–Crippen MR) is 67.2 cm³/mol. The van der Waals surface area contributed by atoms with E-state index in [1.54, 1.807) is 4.52 Å². The third-order valence-electron chi connectivity index (χ3n) is 2.74. The van der Waals surface area contributed by atoms with E-state index in [1.807, 2.05) is 31.2 Å². The summed E-state index contributed by atoms with van der Waals surface area (Å²) in [7, 11) is 0. The van der Waals surface area contributed by atoms with Gasteiger partial charge in [-0.25, -0.2) is 9.50 Å². The van der Waals surface area contributed by atoms with Crippen molar-refractivity contribution in [1.82, 2.24) is 14.6 Å². The molecule has 0 aliphatic carbocycles. The zero-order chi connectivity index (χ0) is 12.0. The van der Waals surface area contributed by atoms with E-state index in [2.05, 4.69) is 28.8 Å². The number of para-hydroxylation sites is 1. The number of hydrogen-bond acceptors (Lipinski definition) is 4. The fourth-order valence-electron chi connectivity index (χ4n) is 1.98. The van der Waals surface area contributed by atoms with Gasteiger partial charge in [-0.3, -0.25) is 0 Å². The van der Waals surface area contributed by atoms with Gasteiger partial charge in [-0.15, -0.1) is 12.6 Å². The Kier molecular flexibility index (Phi) is 2.06. The van der Waals surface area contributed by atoms with Gasteiger partial charge in [-0.1, -0.05) is 18.2 Å². The van der Waals surface area contributed by atoms with Crippen LogP contribution >= 0.6 is 12.6 Å².